The Balaban J connectivity index is 1.73. The van der Waals surface area contributed by atoms with E-state index in [1.807, 2.05) is 30.4 Å². The van der Waals surface area contributed by atoms with E-state index < -0.39 is 35.8 Å². The monoisotopic (exact) mass is 349 g/mol. The number of carbonyl (C=O) groups is 2. The third-order valence-corrected chi connectivity index (χ3v) is 3.25. The molecule has 0 fully saturated rings. The van der Waals surface area contributed by atoms with Gasteiger partial charge in [-0.25, -0.2) is 8.78 Å². The maximum atomic E-state index is 13.4. The van der Waals surface area contributed by atoms with Crippen molar-refractivity contribution < 1.29 is 27.8 Å². The normalized spacial score (nSPS) is 10.2. The summed E-state index contributed by atoms with van der Waals surface area (Å²) in [5, 5.41) is 2.03. The molecule has 0 aromatic heterocycles. The molecule has 0 saturated carbocycles. The molecule has 1 N–H and O–H groups in total. The van der Waals surface area contributed by atoms with Crippen molar-refractivity contribution in [2.75, 3.05) is 18.5 Å². The Labute approximate surface area is 143 Å². The number of rotatable bonds is 7. The summed E-state index contributed by atoms with van der Waals surface area (Å²) in [4.78, 5) is 23.2. The number of para-hydroxylation sites is 2. The first-order valence-corrected chi connectivity index (χ1v) is 7.55. The Morgan fingerprint density at radius 2 is 1.72 bits per heavy atom. The summed E-state index contributed by atoms with van der Waals surface area (Å²) in [6.45, 7) is 1.32. The number of benzene rings is 2. The lowest BCUT2D eigenvalue weighted by Crippen LogP contribution is -2.22. The smallest absolute Gasteiger partial charge is 0.309 e. The molecule has 0 unspecified atom stereocenters. The van der Waals surface area contributed by atoms with Crippen molar-refractivity contribution in [3.8, 4) is 5.75 Å². The van der Waals surface area contributed by atoms with E-state index in [1.165, 1.54) is 6.07 Å². The van der Waals surface area contributed by atoms with Gasteiger partial charge in [-0.15, -0.1) is 0 Å². The van der Waals surface area contributed by atoms with Crippen LogP contribution in [-0.2, 0) is 14.3 Å². The van der Waals surface area contributed by atoms with Gasteiger partial charge in [-0.2, -0.15) is 0 Å². The first-order valence-electron chi connectivity index (χ1n) is 7.55. The first kappa shape index (κ1) is 18.4. The largest absolute Gasteiger partial charge is 0.493 e. The van der Waals surface area contributed by atoms with E-state index in [9.17, 15) is 18.4 Å². The molecule has 25 heavy (non-hydrogen) atoms. The van der Waals surface area contributed by atoms with Crippen molar-refractivity contribution >= 4 is 17.6 Å². The second-order valence-electron chi connectivity index (χ2n) is 5.17. The minimum absolute atomic E-state index is 0.0598. The maximum Gasteiger partial charge on any atom is 0.309 e. The SMILES string of the molecule is Cc1ccccc1OCCC(=O)OCC(=O)Nc1c(F)cccc1F. The van der Waals surface area contributed by atoms with Crippen LogP contribution in [0, 0.1) is 18.6 Å². The van der Waals surface area contributed by atoms with Gasteiger partial charge in [0, 0.05) is 0 Å². The molecule has 0 aliphatic rings. The fourth-order valence-corrected chi connectivity index (χ4v) is 1.97. The van der Waals surface area contributed by atoms with Crippen LogP contribution in [0.4, 0.5) is 14.5 Å². The average molecular weight is 349 g/mol. The summed E-state index contributed by atoms with van der Waals surface area (Å²) >= 11 is 0. The zero-order valence-corrected chi connectivity index (χ0v) is 13.6. The van der Waals surface area contributed by atoms with Crippen LogP contribution in [0.5, 0.6) is 5.75 Å². The highest BCUT2D eigenvalue weighted by Crippen LogP contribution is 2.18. The van der Waals surface area contributed by atoms with Gasteiger partial charge in [-0.3, -0.25) is 9.59 Å². The van der Waals surface area contributed by atoms with Gasteiger partial charge in [0.25, 0.3) is 5.91 Å². The Bertz CT molecular complexity index is 744. The van der Waals surface area contributed by atoms with Gasteiger partial charge in [0.05, 0.1) is 13.0 Å². The van der Waals surface area contributed by atoms with Gasteiger partial charge in [0.15, 0.2) is 6.61 Å². The van der Waals surface area contributed by atoms with Crippen molar-refractivity contribution in [2.45, 2.75) is 13.3 Å². The molecule has 5 nitrogen and oxygen atoms in total. The highest BCUT2D eigenvalue weighted by Gasteiger charge is 2.13. The van der Waals surface area contributed by atoms with Crippen LogP contribution >= 0.6 is 0 Å². The number of anilines is 1. The molecule has 2 aromatic carbocycles. The summed E-state index contributed by atoms with van der Waals surface area (Å²) < 4.78 is 37.0. The quantitative estimate of drug-likeness (QED) is 0.780. The van der Waals surface area contributed by atoms with Gasteiger partial charge >= 0.3 is 5.97 Å². The lowest BCUT2D eigenvalue weighted by molar-refractivity contribution is -0.147. The predicted octanol–water partition coefficient (Wildman–Crippen LogP) is 3.22. The number of carbonyl (C=O) groups excluding carboxylic acids is 2. The van der Waals surface area contributed by atoms with Crippen LogP contribution in [0.25, 0.3) is 0 Å². The third kappa shape index (κ3) is 5.56. The fourth-order valence-electron chi connectivity index (χ4n) is 1.97. The van der Waals surface area contributed by atoms with Crippen LogP contribution in [0.2, 0.25) is 0 Å². The number of amides is 1. The number of ether oxygens (including phenoxy) is 2. The second kappa shape index (κ2) is 8.77. The molecular formula is C18H17F2NO4. The molecule has 0 saturated heterocycles. The molecule has 2 aromatic rings. The third-order valence-electron chi connectivity index (χ3n) is 3.25. The number of hydrogen-bond acceptors (Lipinski definition) is 4. The van der Waals surface area contributed by atoms with E-state index >= 15 is 0 Å². The number of hydrogen-bond donors (Lipinski definition) is 1. The van der Waals surface area contributed by atoms with E-state index in [-0.39, 0.29) is 13.0 Å². The Morgan fingerprint density at radius 1 is 1.04 bits per heavy atom. The zero-order chi connectivity index (χ0) is 18.2. The summed E-state index contributed by atoms with van der Waals surface area (Å²) in [6, 6.07) is 10.5. The van der Waals surface area contributed by atoms with E-state index in [0.29, 0.717) is 5.75 Å². The van der Waals surface area contributed by atoms with Crippen molar-refractivity contribution in [3.05, 3.63) is 59.7 Å². The molecule has 0 bridgehead atoms. The average Bonchev–Trinajstić information content (AvgIpc) is 2.58. The first-order chi connectivity index (χ1) is 12.0. The van der Waals surface area contributed by atoms with E-state index in [4.69, 9.17) is 9.47 Å². The van der Waals surface area contributed by atoms with Crippen LogP contribution in [0.15, 0.2) is 42.5 Å². The predicted molar refractivity (Wildman–Crippen MR) is 87.2 cm³/mol. The van der Waals surface area contributed by atoms with E-state index in [1.54, 1.807) is 6.07 Å². The summed E-state index contributed by atoms with van der Waals surface area (Å²) in [6.07, 6.45) is -0.0598. The zero-order valence-electron chi connectivity index (χ0n) is 13.6. The van der Waals surface area contributed by atoms with Crippen LogP contribution < -0.4 is 10.1 Å². The molecule has 132 valence electrons. The Morgan fingerprint density at radius 3 is 2.40 bits per heavy atom. The molecular weight excluding hydrogens is 332 g/mol. The highest BCUT2D eigenvalue weighted by molar-refractivity contribution is 5.93. The number of halogens is 2. The molecule has 0 radical (unpaired) electrons. The topological polar surface area (TPSA) is 64.6 Å². The van der Waals surface area contributed by atoms with E-state index in [0.717, 1.165) is 17.7 Å². The van der Waals surface area contributed by atoms with Crippen molar-refractivity contribution in [1.29, 1.82) is 0 Å². The molecule has 0 spiro atoms. The maximum absolute atomic E-state index is 13.4. The highest BCUT2D eigenvalue weighted by atomic mass is 19.1. The summed E-state index contributed by atoms with van der Waals surface area (Å²) in [5.74, 6) is -2.66. The summed E-state index contributed by atoms with van der Waals surface area (Å²) in [5.41, 5.74) is 0.355. The van der Waals surface area contributed by atoms with Gasteiger partial charge in [0.1, 0.15) is 23.1 Å². The number of aryl methyl sites for hydroxylation is 1. The molecule has 0 atom stereocenters. The standard InChI is InChI=1S/C18H17F2NO4/c1-12-5-2-3-8-15(12)24-10-9-17(23)25-11-16(22)21-18-13(19)6-4-7-14(18)20/h2-8H,9-11H2,1H3,(H,21,22). The van der Waals surface area contributed by atoms with Gasteiger partial charge in [0.2, 0.25) is 0 Å². The molecule has 0 heterocycles. The molecule has 1 amide bonds. The van der Waals surface area contributed by atoms with E-state index in [2.05, 4.69) is 0 Å². The fraction of sp³-hybridized carbons (Fsp3) is 0.222. The molecule has 0 aliphatic carbocycles. The lowest BCUT2D eigenvalue weighted by Gasteiger charge is -2.09. The van der Waals surface area contributed by atoms with Crippen molar-refractivity contribution in [1.82, 2.24) is 0 Å². The van der Waals surface area contributed by atoms with Gasteiger partial charge < -0.3 is 14.8 Å². The molecule has 0 aliphatic heterocycles. The Hall–Kier alpha value is -2.96. The van der Waals surface area contributed by atoms with Crippen molar-refractivity contribution in [2.24, 2.45) is 0 Å². The van der Waals surface area contributed by atoms with Crippen LogP contribution in [0.1, 0.15) is 12.0 Å². The molecule has 7 heteroatoms. The minimum Gasteiger partial charge on any atom is -0.493 e. The number of esters is 1. The van der Waals surface area contributed by atoms with Gasteiger partial charge in [-0.05, 0) is 30.7 Å². The Kier molecular flexibility index (Phi) is 6.45. The molecule has 2 rings (SSSR count). The lowest BCUT2D eigenvalue weighted by atomic mass is 10.2. The second-order valence-corrected chi connectivity index (χ2v) is 5.17. The summed E-state index contributed by atoms with van der Waals surface area (Å²) in [7, 11) is 0. The van der Waals surface area contributed by atoms with Crippen LogP contribution in [-0.4, -0.2) is 25.1 Å². The van der Waals surface area contributed by atoms with Crippen molar-refractivity contribution in [3.63, 3.8) is 0 Å². The van der Waals surface area contributed by atoms with Crippen LogP contribution in [0.3, 0.4) is 0 Å². The number of nitrogens with one attached hydrogen (secondary N) is 1. The minimum atomic E-state index is -0.911. The van der Waals surface area contributed by atoms with Gasteiger partial charge in [-0.1, -0.05) is 24.3 Å².